The highest BCUT2D eigenvalue weighted by Gasteiger charge is 2.47. The SMILES string of the molecule is COc1cc(CN2C=C3CC=CC=C3C3(Cc4ccccc4O3)C2)cc(OC)c1OC.Cl. The highest BCUT2D eigenvalue weighted by Crippen LogP contribution is 2.46. The molecule has 2 aromatic rings. The molecule has 168 valence electrons. The maximum absolute atomic E-state index is 6.65. The molecule has 0 amide bonds. The van der Waals surface area contributed by atoms with Crippen LogP contribution in [0, 0.1) is 0 Å². The van der Waals surface area contributed by atoms with Gasteiger partial charge in [-0.05, 0) is 41.3 Å². The molecule has 2 heterocycles. The Morgan fingerprint density at radius 3 is 2.47 bits per heavy atom. The Bertz CT molecular complexity index is 1050. The first-order chi connectivity index (χ1) is 15.2. The van der Waals surface area contributed by atoms with E-state index in [0.29, 0.717) is 17.2 Å². The fourth-order valence-electron chi connectivity index (χ4n) is 4.93. The molecule has 1 aliphatic carbocycles. The Balaban J connectivity index is 0.00000245. The third kappa shape index (κ3) is 3.71. The number of hydrogen-bond donors (Lipinski definition) is 0. The molecule has 1 atom stereocenters. The predicted molar refractivity (Wildman–Crippen MR) is 127 cm³/mol. The molecular weight excluding hydrogens is 426 g/mol. The third-order valence-electron chi connectivity index (χ3n) is 6.23. The zero-order valence-electron chi connectivity index (χ0n) is 18.6. The monoisotopic (exact) mass is 453 g/mol. The minimum atomic E-state index is -0.362. The van der Waals surface area contributed by atoms with Gasteiger partial charge in [0, 0.05) is 24.7 Å². The molecule has 0 radical (unpaired) electrons. The van der Waals surface area contributed by atoms with Crippen LogP contribution in [-0.2, 0) is 13.0 Å². The number of allylic oxidation sites excluding steroid dienone is 3. The molecule has 1 spiro atoms. The first-order valence-electron chi connectivity index (χ1n) is 10.5. The molecule has 5 rings (SSSR count). The van der Waals surface area contributed by atoms with Gasteiger partial charge in [0.05, 0.1) is 27.9 Å². The van der Waals surface area contributed by atoms with Crippen molar-refractivity contribution in [2.24, 2.45) is 0 Å². The second-order valence-electron chi connectivity index (χ2n) is 8.19. The van der Waals surface area contributed by atoms with Crippen molar-refractivity contribution in [2.45, 2.75) is 25.0 Å². The van der Waals surface area contributed by atoms with Crippen molar-refractivity contribution in [3.8, 4) is 23.0 Å². The molecule has 3 aliphatic rings. The van der Waals surface area contributed by atoms with Crippen LogP contribution in [0.3, 0.4) is 0 Å². The highest BCUT2D eigenvalue weighted by molar-refractivity contribution is 5.85. The van der Waals surface area contributed by atoms with Gasteiger partial charge in [0.15, 0.2) is 17.1 Å². The van der Waals surface area contributed by atoms with Crippen LogP contribution < -0.4 is 18.9 Å². The Kier molecular flexibility index (Phi) is 6.11. The number of methoxy groups -OCH3 is 3. The van der Waals surface area contributed by atoms with Crippen LogP contribution in [-0.4, -0.2) is 38.4 Å². The number of para-hydroxylation sites is 1. The average molecular weight is 454 g/mol. The summed E-state index contributed by atoms with van der Waals surface area (Å²) < 4.78 is 23.2. The van der Waals surface area contributed by atoms with Gasteiger partial charge in [0.2, 0.25) is 5.75 Å². The number of benzene rings is 2. The van der Waals surface area contributed by atoms with Gasteiger partial charge in [-0.15, -0.1) is 12.4 Å². The van der Waals surface area contributed by atoms with Crippen LogP contribution in [0.5, 0.6) is 23.0 Å². The van der Waals surface area contributed by atoms with E-state index in [1.165, 1.54) is 16.7 Å². The zero-order valence-corrected chi connectivity index (χ0v) is 19.4. The molecule has 0 aromatic heterocycles. The van der Waals surface area contributed by atoms with Gasteiger partial charge in [-0.25, -0.2) is 0 Å². The molecule has 0 fully saturated rings. The minimum absolute atomic E-state index is 0. The van der Waals surface area contributed by atoms with Crippen molar-refractivity contribution >= 4 is 12.4 Å². The largest absolute Gasteiger partial charge is 0.493 e. The lowest BCUT2D eigenvalue weighted by Gasteiger charge is -2.42. The summed E-state index contributed by atoms with van der Waals surface area (Å²) in [7, 11) is 4.92. The van der Waals surface area contributed by atoms with Gasteiger partial charge in [-0.1, -0.05) is 36.4 Å². The molecule has 0 saturated heterocycles. The second-order valence-corrected chi connectivity index (χ2v) is 8.19. The molecule has 0 N–H and O–H groups in total. The summed E-state index contributed by atoms with van der Waals surface area (Å²) in [5.74, 6) is 2.94. The summed E-state index contributed by atoms with van der Waals surface area (Å²) in [5.41, 5.74) is 4.61. The lowest BCUT2D eigenvalue weighted by Crippen LogP contribution is -2.50. The quantitative estimate of drug-likeness (QED) is 0.630. The van der Waals surface area contributed by atoms with Crippen molar-refractivity contribution in [1.82, 2.24) is 4.90 Å². The zero-order chi connectivity index (χ0) is 21.4. The van der Waals surface area contributed by atoms with E-state index in [4.69, 9.17) is 18.9 Å². The first kappa shape index (κ1) is 22.2. The number of hydrogen-bond acceptors (Lipinski definition) is 5. The third-order valence-corrected chi connectivity index (χ3v) is 6.23. The summed E-state index contributed by atoms with van der Waals surface area (Å²) in [4.78, 5) is 2.35. The maximum atomic E-state index is 6.65. The van der Waals surface area contributed by atoms with E-state index in [0.717, 1.165) is 37.2 Å². The summed E-state index contributed by atoms with van der Waals surface area (Å²) in [6, 6.07) is 12.4. The van der Waals surface area contributed by atoms with Crippen LogP contribution >= 0.6 is 12.4 Å². The summed E-state index contributed by atoms with van der Waals surface area (Å²) >= 11 is 0. The topological polar surface area (TPSA) is 40.2 Å². The van der Waals surface area contributed by atoms with E-state index in [-0.39, 0.29) is 18.0 Å². The van der Waals surface area contributed by atoms with Gasteiger partial charge in [-0.2, -0.15) is 0 Å². The standard InChI is InChI=1S/C26H27NO4.ClH/c1-28-23-12-18(13-24(29-2)25(23)30-3)15-27-16-20-9-4-6-10-21(20)26(17-27)14-19-8-5-7-11-22(19)31-26;/h4-8,10-13,16H,9,14-15,17H2,1-3H3;1H. The molecule has 0 bridgehead atoms. The van der Waals surface area contributed by atoms with Crippen LogP contribution in [0.2, 0.25) is 0 Å². The Hall–Kier alpha value is -3.05. The molecule has 2 aromatic carbocycles. The van der Waals surface area contributed by atoms with Crippen molar-refractivity contribution in [3.05, 3.63) is 83.1 Å². The fourth-order valence-corrected chi connectivity index (χ4v) is 4.93. The molecule has 6 heteroatoms. The fraction of sp³-hybridized carbons (Fsp3) is 0.308. The number of halogens is 1. The molecule has 32 heavy (non-hydrogen) atoms. The van der Waals surface area contributed by atoms with Crippen LogP contribution in [0.15, 0.2) is 72.0 Å². The van der Waals surface area contributed by atoms with Gasteiger partial charge in [-0.3, -0.25) is 0 Å². The molecule has 1 unspecified atom stereocenters. The van der Waals surface area contributed by atoms with Gasteiger partial charge < -0.3 is 23.8 Å². The van der Waals surface area contributed by atoms with Gasteiger partial charge in [0.1, 0.15) is 5.75 Å². The van der Waals surface area contributed by atoms with Crippen LogP contribution in [0.25, 0.3) is 0 Å². The van der Waals surface area contributed by atoms with Gasteiger partial charge >= 0.3 is 0 Å². The Morgan fingerprint density at radius 1 is 1.03 bits per heavy atom. The van der Waals surface area contributed by atoms with E-state index in [1.807, 2.05) is 18.2 Å². The minimum Gasteiger partial charge on any atom is -0.493 e. The Morgan fingerprint density at radius 2 is 1.78 bits per heavy atom. The van der Waals surface area contributed by atoms with Crippen LogP contribution in [0.4, 0.5) is 0 Å². The smallest absolute Gasteiger partial charge is 0.203 e. The van der Waals surface area contributed by atoms with E-state index < -0.39 is 0 Å². The highest BCUT2D eigenvalue weighted by atomic mass is 35.5. The van der Waals surface area contributed by atoms with Crippen molar-refractivity contribution in [2.75, 3.05) is 27.9 Å². The molecular formula is C26H28ClNO4. The summed E-state index contributed by atoms with van der Waals surface area (Å²) in [5, 5.41) is 0. The molecule has 5 nitrogen and oxygen atoms in total. The normalized spacial score (nSPS) is 20.4. The number of rotatable bonds is 5. The van der Waals surface area contributed by atoms with Crippen molar-refractivity contribution < 1.29 is 18.9 Å². The van der Waals surface area contributed by atoms with Crippen molar-refractivity contribution in [1.29, 1.82) is 0 Å². The average Bonchev–Trinajstić information content (AvgIpc) is 3.16. The maximum Gasteiger partial charge on any atom is 0.203 e. The van der Waals surface area contributed by atoms with E-state index in [9.17, 15) is 0 Å². The molecule has 0 saturated carbocycles. The number of ether oxygens (including phenoxy) is 4. The Labute approximate surface area is 195 Å². The van der Waals surface area contributed by atoms with E-state index in [1.54, 1.807) is 21.3 Å². The lowest BCUT2D eigenvalue weighted by molar-refractivity contribution is 0.0874. The van der Waals surface area contributed by atoms with Gasteiger partial charge in [0.25, 0.3) is 0 Å². The predicted octanol–water partition coefficient (Wildman–Crippen LogP) is 5.09. The van der Waals surface area contributed by atoms with E-state index in [2.05, 4.69) is 47.5 Å². The number of nitrogens with zero attached hydrogens (tertiary/aromatic N) is 1. The van der Waals surface area contributed by atoms with E-state index >= 15 is 0 Å². The van der Waals surface area contributed by atoms with Crippen molar-refractivity contribution in [3.63, 3.8) is 0 Å². The first-order valence-corrected chi connectivity index (χ1v) is 10.5. The van der Waals surface area contributed by atoms with Crippen LogP contribution in [0.1, 0.15) is 17.5 Å². The summed E-state index contributed by atoms with van der Waals surface area (Å²) in [6.07, 6.45) is 10.6. The summed E-state index contributed by atoms with van der Waals surface area (Å²) in [6.45, 7) is 1.50. The second kappa shape index (κ2) is 8.83. The molecule has 2 aliphatic heterocycles. The number of fused-ring (bicyclic) bond motifs is 3. The lowest BCUT2D eigenvalue weighted by atomic mass is 9.79.